The van der Waals surface area contributed by atoms with Gasteiger partial charge in [-0.3, -0.25) is 9.36 Å². The lowest BCUT2D eigenvalue weighted by atomic mass is 10.1. The molecule has 0 amide bonds. The van der Waals surface area contributed by atoms with E-state index in [-0.39, 0.29) is 5.56 Å². The summed E-state index contributed by atoms with van der Waals surface area (Å²) in [5.74, 6) is 2.25. The van der Waals surface area contributed by atoms with Gasteiger partial charge in [0.1, 0.15) is 17.3 Å². The third kappa shape index (κ3) is 4.55. The molecule has 0 N–H and O–H groups in total. The topological polar surface area (TPSA) is 53.3 Å². The van der Waals surface area contributed by atoms with Crippen molar-refractivity contribution < 1.29 is 9.47 Å². The van der Waals surface area contributed by atoms with Crippen molar-refractivity contribution in [3.8, 4) is 22.9 Å². The number of aryl methyl sites for hydroxylation is 2. The minimum Gasteiger partial charge on any atom is -0.497 e. The summed E-state index contributed by atoms with van der Waals surface area (Å²) in [6.07, 6.45) is 0.669. The second-order valence-corrected chi connectivity index (χ2v) is 8.59. The van der Waals surface area contributed by atoms with Crippen LogP contribution in [-0.4, -0.2) is 23.3 Å². The number of nitrogens with zero attached hydrogens (tertiary/aromatic N) is 2. The van der Waals surface area contributed by atoms with Gasteiger partial charge in [0, 0.05) is 12.1 Å². The minimum absolute atomic E-state index is 0.0471. The first-order chi connectivity index (χ1) is 15.5. The summed E-state index contributed by atoms with van der Waals surface area (Å²) in [5, 5.41) is 0.614. The molecule has 0 aliphatic rings. The number of aromatic nitrogens is 2. The second kappa shape index (κ2) is 9.57. The van der Waals surface area contributed by atoms with Gasteiger partial charge in [-0.2, -0.15) is 0 Å². The fraction of sp³-hybridized carbons (Fsp3) is 0.231. The van der Waals surface area contributed by atoms with Crippen LogP contribution in [0, 0.1) is 13.8 Å². The van der Waals surface area contributed by atoms with E-state index in [1.807, 2.05) is 61.5 Å². The highest BCUT2D eigenvalue weighted by atomic mass is 79.9. The summed E-state index contributed by atoms with van der Waals surface area (Å²) in [6.45, 7) is 5.08. The van der Waals surface area contributed by atoms with Crippen molar-refractivity contribution in [2.75, 3.05) is 13.7 Å². The molecule has 6 heteroatoms. The number of hydrogen-bond acceptors (Lipinski definition) is 4. The molecule has 0 spiro atoms. The predicted molar refractivity (Wildman–Crippen MR) is 132 cm³/mol. The van der Waals surface area contributed by atoms with Gasteiger partial charge < -0.3 is 9.47 Å². The molecule has 0 saturated heterocycles. The van der Waals surface area contributed by atoms with Crippen LogP contribution in [0.4, 0.5) is 0 Å². The van der Waals surface area contributed by atoms with E-state index in [9.17, 15) is 4.79 Å². The molecule has 0 bridgehead atoms. The number of fused-ring (bicyclic) bond motifs is 1. The van der Waals surface area contributed by atoms with Crippen molar-refractivity contribution in [3.63, 3.8) is 0 Å². The van der Waals surface area contributed by atoms with Crippen molar-refractivity contribution in [1.29, 1.82) is 0 Å². The third-order valence-electron chi connectivity index (χ3n) is 5.36. The van der Waals surface area contributed by atoms with Crippen LogP contribution in [0.5, 0.6) is 11.5 Å². The third-order valence-corrected chi connectivity index (χ3v) is 5.94. The Labute approximate surface area is 195 Å². The first kappa shape index (κ1) is 22.1. The highest BCUT2D eigenvalue weighted by Crippen LogP contribution is 2.30. The first-order valence-electron chi connectivity index (χ1n) is 10.5. The zero-order valence-electron chi connectivity index (χ0n) is 18.4. The maximum atomic E-state index is 13.3. The fourth-order valence-electron chi connectivity index (χ4n) is 3.82. The Morgan fingerprint density at radius 3 is 2.50 bits per heavy atom. The number of para-hydroxylation sites is 1. The average molecular weight is 493 g/mol. The lowest BCUT2D eigenvalue weighted by Gasteiger charge is -2.15. The number of hydrogen-bond donors (Lipinski definition) is 0. The molecular formula is C26H25BrN2O3. The maximum absolute atomic E-state index is 13.3. The van der Waals surface area contributed by atoms with E-state index in [0.717, 1.165) is 27.1 Å². The SMILES string of the molecule is COc1ccc(-c2nc3ccccc3c(=O)n2CCCOc2c(C)cc(C)cc2Br)cc1. The minimum atomic E-state index is -0.0471. The van der Waals surface area contributed by atoms with Crippen molar-refractivity contribution in [3.05, 3.63) is 86.6 Å². The Morgan fingerprint density at radius 2 is 1.78 bits per heavy atom. The van der Waals surface area contributed by atoms with Crippen LogP contribution in [0.25, 0.3) is 22.3 Å². The van der Waals surface area contributed by atoms with Gasteiger partial charge in [-0.25, -0.2) is 4.98 Å². The Morgan fingerprint density at radius 1 is 1.03 bits per heavy atom. The molecule has 0 atom stereocenters. The van der Waals surface area contributed by atoms with Gasteiger partial charge in [0.15, 0.2) is 0 Å². The summed E-state index contributed by atoms with van der Waals surface area (Å²) in [5.41, 5.74) is 3.77. The van der Waals surface area contributed by atoms with Crippen LogP contribution in [0.1, 0.15) is 17.5 Å². The molecule has 1 aromatic heterocycles. The van der Waals surface area contributed by atoms with E-state index in [4.69, 9.17) is 14.5 Å². The molecule has 5 nitrogen and oxygen atoms in total. The smallest absolute Gasteiger partial charge is 0.261 e. The van der Waals surface area contributed by atoms with E-state index < -0.39 is 0 Å². The fourth-order valence-corrected chi connectivity index (χ4v) is 4.61. The molecule has 32 heavy (non-hydrogen) atoms. The van der Waals surface area contributed by atoms with Crippen molar-refractivity contribution >= 4 is 26.8 Å². The van der Waals surface area contributed by atoms with Crippen molar-refractivity contribution in [2.24, 2.45) is 0 Å². The second-order valence-electron chi connectivity index (χ2n) is 7.73. The Balaban J connectivity index is 1.62. The lowest BCUT2D eigenvalue weighted by Crippen LogP contribution is -2.24. The van der Waals surface area contributed by atoms with E-state index in [1.54, 1.807) is 11.7 Å². The van der Waals surface area contributed by atoms with Gasteiger partial charge in [0.05, 0.1) is 29.1 Å². The normalized spacial score (nSPS) is 11.0. The van der Waals surface area contributed by atoms with Gasteiger partial charge in [-0.1, -0.05) is 18.2 Å². The zero-order valence-corrected chi connectivity index (χ0v) is 20.0. The predicted octanol–water partition coefficient (Wildman–Crippen LogP) is 5.92. The van der Waals surface area contributed by atoms with Crippen LogP contribution in [0.15, 0.2) is 69.9 Å². The van der Waals surface area contributed by atoms with E-state index >= 15 is 0 Å². The van der Waals surface area contributed by atoms with E-state index in [1.165, 1.54) is 5.56 Å². The number of benzene rings is 3. The van der Waals surface area contributed by atoms with Gasteiger partial charge >= 0.3 is 0 Å². The summed E-state index contributed by atoms with van der Waals surface area (Å²) >= 11 is 3.59. The summed E-state index contributed by atoms with van der Waals surface area (Å²) in [6, 6.07) is 19.2. The summed E-state index contributed by atoms with van der Waals surface area (Å²) < 4.78 is 14.0. The summed E-state index contributed by atoms with van der Waals surface area (Å²) in [4.78, 5) is 18.1. The first-order valence-corrected chi connectivity index (χ1v) is 11.3. The molecule has 0 radical (unpaired) electrons. The quantitative estimate of drug-likeness (QED) is 0.300. The molecular weight excluding hydrogens is 468 g/mol. The molecule has 0 aliphatic carbocycles. The van der Waals surface area contributed by atoms with Crippen molar-refractivity contribution in [2.45, 2.75) is 26.8 Å². The number of halogens is 1. The van der Waals surface area contributed by atoms with Crippen LogP contribution >= 0.6 is 15.9 Å². The Hall–Kier alpha value is -3.12. The Kier molecular flexibility index (Phi) is 6.61. The average Bonchev–Trinajstić information content (AvgIpc) is 2.79. The maximum Gasteiger partial charge on any atom is 0.261 e. The highest BCUT2D eigenvalue weighted by molar-refractivity contribution is 9.10. The van der Waals surface area contributed by atoms with Gasteiger partial charge in [-0.05, 0) is 89.8 Å². The molecule has 0 unspecified atom stereocenters. The summed E-state index contributed by atoms with van der Waals surface area (Å²) in [7, 11) is 1.63. The molecule has 0 saturated carbocycles. The molecule has 0 aliphatic heterocycles. The largest absolute Gasteiger partial charge is 0.497 e. The van der Waals surface area contributed by atoms with Gasteiger partial charge in [0.25, 0.3) is 5.56 Å². The molecule has 0 fully saturated rings. The molecule has 164 valence electrons. The van der Waals surface area contributed by atoms with Crippen molar-refractivity contribution in [1.82, 2.24) is 9.55 Å². The number of rotatable bonds is 7. The monoisotopic (exact) mass is 492 g/mol. The van der Waals surface area contributed by atoms with E-state index in [2.05, 4.69) is 28.9 Å². The number of methoxy groups -OCH3 is 1. The lowest BCUT2D eigenvalue weighted by molar-refractivity contribution is 0.297. The van der Waals surface area contributed by atoms with E-state index in [0.29, 0.717) is 36.3 Å². The van der Waals surface area contributed by atoms with Gasteiger partial charge in [0.2, 0.25) is 0 Å². The molecule has 3 aromatic carbocycles. The molecule has 1 heterocycles. The van der Waals surface area contributed by atoms with Crippen LogP contribution in [0.3, 0.4) is 0 Å². The van der Waals surface area contributed by atoms with Crippen LogP contribution < -0.4 is 15.0 Å². The Bertz CT molecular complexity index is 1290. The molecule has 4 rings (SSSR count). The van der Waals surface area contributed by atoms with Crippen LogP contribution in [0.2, 0.25) is 0 Å². The van der Waals surface area contributed by atoms with Gasteiger partial charge in [-0.15, -0.1) is 0 Å². The molecule has 4 aromatic rings. The zero-order chi connectivity index (χ0) is 22.7. The standard InChI is InChI=1S/C26H25BrN2O3/c1-17-15-18(2)24(22(27)16-17)32-14-6-13-29-25(19-9-11-20(31-3)12-10-19)28-23-8-5-4-7-21(23)26(29)30/h4-5,7-12,15-16H,6,13-14H2,1-3H3. The van der Waals surface area contributed by atoms with Crippen LogP contribution in [-0.2, 0) is 6.54 Å². The number of ether oxygens (including phenoxy) is 2. The highest BCUT2D eigenvalue weighted by Gasteiger charge is 2.13.